The molecular weight excluding hydrogens is 258 g/mol. The lowest BCUT2D eigenvalue weighted by Gasteiger charge is -2.07. The first kappa shape index (κ1) is 12.1. The number of unbranched alkanes of at least 4 members (excludes halogenated alkanes) is 1. The Morgan fingerprint density at radius 2 is 2.14 bits per heavy atom. The zero-order valence-corrected chi connectivity index (χ0v) is 10.8. The predicted octanol–water partition coefficient (Wildman–Crippen LogP) is 3.45. The highest BCUT2D eigenvalue weighted by molar-refractivity contribution is 9.10. The molecule has 1 nitrogen and oxygen atoms in total. The molecule has 3 heteroatoms. The Labute approximate surface area is 98.6 Å². The van der Waals surface area contributed by atoms with E-state index in [-0.39, 0.29) is 0 Å². The summed E-state index contributed by atoms with van der Waals surface area (Å²) in [4.78, 5) is 1.38. The van der Waals surface area contributed by atoms with Crippen LogP contribution in [0, 0.1) is 0 Å². The van der Waals surface area contributed by atoms with Crippen molar-refractivity contribution >= 4 is 27.7 Å². The van der Waals surface area contributed by atoms with Crippen LogP contribution in [0.5, 0.6) is 0 Å². The Bertz CT molecular complexity index is 289. The highest BCUT2D eigenvalue weighted by Crippen LogP contribution is 2.25. The van der Waals surface area contributed by atoms with Crippen LogP contribution in [0.4, 0.5) is 0 Å². The molecule has 0 radical (unpaired) electrons. The van der Waals surface area contributed by atoms with Gasteiger partial charge in [0, 0.05) is 9.37 Å². The standard InChI is InChI=1S/C11H16BrNS/c1-14-11-6-5-10(12)8-9(11)4-2-3-7-13/h5-6,8H,2-4,7,13H2,1H3. The molecule has 0 bridgehead atoms. The fraction of sp³-hybridized carbons (Fsp3) is 0.455. The second-order valence-electron chi connectivity index (χ2n) is 3.20. The zero-order chi connectivity index (χ0) is 10.4. The monoisotopic (exact) mass is 273 g/mol. The molecule has 0 heterocycles. The van der Waals surface area contributed by atoms with Crippen molar-refractivity contribution in [3.05, 3.63) is 28.2 Å². The van der Waals surface area contributed by atoms with Crippen molar-refractivity contribution in [3.63, 3.8) is 0 Å². The summed E-state index contributed by atoms with van der Waals surface area (Å²) in [6.45, 7) is 0.794. The Hall–Kier alpha value is 0.01000. The second kappa shape index (κ2) is 6.49. The lowest BCUT2D eigenvalue weighted by Crippen LogP contribution is -1.99. The zero-order valence-electron chi connectivity index (χ0n) is 8.42. The summed E-state index contributed by atoms with van der Waals surface area (Å²) in [5.74, 6) is 0. The minimum atomic E-state index is 0.794. The third-order valence-electron chi connectivity index (χ3n) is 2.14. The molecule has 2 N–H and O–H groups in total. The summed E-state index contributed by atoms with van der Waals surface area (Å²) in [5.41, 5.74) is 6.91. The fourth-order valence-corrected chi connectivity index (χ4v) is 2.44. The minimum absolute atomic E-state index is 0.794. The van der Waals surface area contributed by atoms with Crippen molar-refractivity contribution in [1.82, 2.24) is 0 Å². The number of thioether (sulfide) groups is 1. The molecule has 0 aliphatic heterocycles. The number of hydrogen-bond donors (Lipinski definition) is 1. The maximum Gasteiger partial charge on any atom is 0.0178 e. The number of hydrogen-bond acceptors (Lipinski definition) is 2. The van der Waals surface area contributed by atoms with Gasteiger partial charge in [0.05, 0.1) is 0 Å². The summed E-state index contributed by atoms with van der Waals surface area (Å²) in [6.07, 6.45) is 5.54. The van der Waals surface area contributed by atoms with Gasteiger partial charge in [-0.1, -0.05) is 15.9 Å². The van der Waals surface area contributed by atoms with Gasteiger partial charge in [-0.15, -0.1) is 11.8 Å². The normalized spacial score (nSPS) is 10.5. The summed E-state index contributed by atoms with van der Waals surface area (Å²) < 4.78 is 1.16. The van der Waals surface area contributed by atoms with Crippen LogP contribution in [-0.4, -0.2) is 12.8 Å². The van der Waals surface area contributed by atoms with Crippen LogP contribution in [0.15, 0.2) is 27.6 Å². The number of nitrogens with two attached hydrogens (primary N) is 1. The first-order chi connectivity index (χ1) is 6.77. The number of aryl methyl sites for hydroxylation is 1. The molecule has 0 amide bonds. The summed E-state index contributed by atoms with van der Waals surface area (Å²) in [6, 6.07) is 6.48. The largest absolute Gasteiger partial charge is 0.330 e. The highest BCUT2D eigenvalue weighted by atomic mass is 79.9. The van der Waals surface area contributed by atoms with Crippen LogP contribution in [0.25, 0.3) is 0 Å². The van der Waals surface area contributed by atoms with Crippen molar-refractivity contribution in [1.29, 1.82) is 0 Å². The smallest absolute Gasteiger partial charge is 0.0178 e. The average Bonchev–Trinajstić information content (AvgIpc) is 2.19. The second-order valence-corrected chi connectivity index (χ2v) is 4.97. The van der Waals surface area contributed by atoms with E-state index < -0.39 is 0 Å². The summed E-state index contributed by atoms with van der Waals surface area (Å²) in [7, 11) is 0. The van der Waals surface area contributed by atoms with Crippen molar-refractivity contribution in [3.8, 4) is 0 Å². The van der Waals surface area contributed by atoms with Gasteiger partial charge in [-0.05, 0) is 55.8 Å². The molecule has 1 aromatic carbocycles. The van der Waals surface area contributed by atoms with Crippen molar-refractivity contribution in [2.24, 2.45) is 5.73 Å². The molecule has 0 saturated heterocycles. The maximum atomic E-state index is 5.48. The molecule has 0 unspecified atom stereocenters. The lowest BCUT2D eigenvalue weighted by molar-refractivity contribution is 0.738. The SMILES string of the molecule is CSc1ccc(Br)cc1CCCCN. The van der Waals surface area contributed by atoms with Gasteiger partial charge in [-0.3, -0.25) is 0 Å². The lowest BCUT2D eigenvalue weighted by atomic mass is 10.1. The number of halogens is 1. The van der Waals surface area contributed by atoms with E-state index in [1.54, 1.807) is 0 Å². The Morgan fingerprint density at radius 3 is 2.79 bits per heavy atom. The van der Waals surface area contributed by atoms with Gasteiger partial charge in [-0.25, -0.2) is 0 Å². The van der Waals surface area contributed by atoms with E-state index in [4.69, 9.17) is 5.73 Å². The van der Waals surface area contributed by atoms with Crippen LogP contribution in [0.3, 0.4) is 0 Å². The molecule has 0 saturated carbocycles. The quantitative estimate of drug-likeness (QED) is 0.657. The third kappa shape index (κ3) is 3.64. The van der Waals surface area contributed by atoms with Gasteiger partial charge < -0.3 is 5.73 Å². The van der Waals surface area contributed by atoms with Gasteiger partial charge in [0.25, 0.3) is 0 Å². The molecule has 0 aromatic heterocycles. The van der Waals surface area contributed by atoms with E-state index in [9.17, 15) is 0 Å². The first-order valence-corrected chi connectivity index (χ1v) is 6.82. The molecule has 0 atom stereocenters. The van der Waals surface area contributed by atoms with Gasteiger partial charge in [0.2, 0.25) is 0 Å². The molecule has 0 aliphatic rings. The Morgan fingerprint density at radius 1 is 1.36 bits per heavy atom. The van der Waals surface area contributed by atoms with Gasteiger partial charge >= 0.3 is 0 Å². The number of rotatable bonds is 5. The van der Waals surface area contributed by atoms with E-state index >= 15 is 0 Å². The van der Waals surface area contributed by atoms with Crippen molar-refractivity contribution in [2.45, 2.75) is 24.2 Å². The fourth-order valence-electron chi connectivity index (χ4n) is 1.40. The van der Waals surface area contributed by atoms with Crippen LogP contribution in [0.1, 0.15) is 18.4 Å². The van der Waals surface area contributed by atoms with E-state index in [0.717, 1.165) is 23.9 Å². The Kier molecular flexibility index (Phi) is 5.60. The third-order valence-corrected chi connectivity index (χ3v) is 3.47. The van der Waals surface area contributed by atoms with Crippen LogP contribution < -0.4 is 5.73 Å². The van der Waals surface area contributed by atoms with E-state index in [1.807, 2.05) is 11.8 Å². The highest BCUT2D eigenvalue weighted by Gasteiger charge is 2.01. The minimum Gasteiger partial charge on any atom is -0.330 e. The molecular formula is C11H16BrNS. The van der Waals surface area contributed by atoms with Gasteiger partial charge in [0.1, 0.15) is 0 Å². The predicted molar refractivity (Wildman–Crippen MR) is 67.9 cm³/mol. The van der Waals surface area contributed by atoms with Crippen LogP contribution in [-0.2, 0) is 6.42 Å². The van der Waals surface area contributed by atoms with Crippen molar-refractivity contribution in [2.75, 3.05) is 12.8 Å². The summed E-state index contributed by atoms with van der Waals surface area (Å²) >= 11 is 5.31. The summed E-state index contributed by atoms with van der Waals surface area (Å²) in [5, 5.41) is 0. The topological polar surface area (TPSA) is 26.0 Å². The molecule has 14 heavy (non-hydrogen) atoms. The molecule has 1 aromatic rings. The average molecular weight is 274 g/mol. The molecule has 0 fully saturated rings. The van der Waals surface area contributed by atoms with Gasteiger partial charge in [-0.2, -0.15) is 0 Å². The van der Waals surface area contributed by atoms with Crippen LogP contribution in [0.2, 0.25) is 0 Å². The maximum absolute atomic E-state index is 5.48. The Balaban J connectivity index is 2.67. The van der Waals surface area contributed by atoms with Gasteiger partial charge in [0.15, 0.2) is 0 Å². The molecule has 0 aliphatic carbocycles. The first-order valence-electron chi connectivity index (χ1n) is 4.80. The molecule has 78 valence electrons. The van der Waals surface area contributed by atoms with E-state index in [2.05, 4.69) is 40.4 Å². The number of benzene rings is 1. The molecule has 0 spiro atoms. The molecule has 1 rings (SSSR count). The van der Waals surface area contributed by atoms with E-state index in [0.29, 0.717) is 0 Å². The van der Waals surface area contributed by atoms with Crippen molar-refractivity contribution < 1.29 is 0 Å². The van der Waals surface area contributed by atoms with E-state index in [1.165, 1.54) is 16.9 Å². The van der Waals surface area contributed by atoms with Crippen LogP contribution >= 0.6 is 27.7 Å².